The number of hydrogen-bond acceptors (Lipinski definition) is 3. The van der Waals surface area contributed by atoms with Crippen LogP contribution in [-0.2, 0) is 19.9 Å². The summed E-state index contributed by atoms with van der Waals surface area (Å²) in [7, 11) is 0. The normalized spacial score (nSPS) is 27.5. The average Bonchev–Trinajstić information content (AvgIpc) is 2.53. The Morgan fingerprint density at radius 1 is 1.25 bits per heavy atom. The summed E-state index contributed by atoms with van der Waals surface area (Å²) in [5.41, 5.74) is 0.474. The van der Waals surface area contributed by atoms with E-state index >= 15 is 0 Å². The van der Waals surface area contributed by atoms with E-state index in [1.54, 1.807) is 0 Å². The number of hydrogen-bond donors (Lipinski definition) is 1. The van der Waals surface area contributed by atoms with Crippen LogP contribution in [0.2, 0.25) is 0 Å². The molecule has 1 aromatic carbocycles. The number of amides is 1. The number of esters is 1. The molecule has 2 heterocycles. The fourth-order valence-electron chi connectivity index (χ4n) is 2.42. The van der Waals surface area contributed by atoms with Crippen LogP contribution in [-0.4, -0.2) is 11.9 Å². The van der Waals surface area contributed by atoms with Crippen LogP contribution in [0.15, 0.2) is 24.3 Å². The quantitative estimate of drug-likeness (QED) is 0.671. The van der Waals surface area contributed by atoms with E-state index < -0.39 is 5.60 Å². The van der Waals surface area contributed by atoms with Crippen molar-refractivity contribution >= 4 is 17.6 Å². The Morgan fingerprint density at radius 3 is 2.88 bits per heavy atom. The maximum atomic E-state index is 12.0. The maximum absolute atomic E-state index is 12.0. The molecule has 1 atom stereocenters. The molecule has 16 heavy (non-hydrogen) atoms. The molecule has 1 saturated heterocycles. The van der Waals surface area contributed by atoms with Gasteiger partial charge in [-0.1, -0.05) is 18.2 Å². The summed E-state index contributed by atoms with van der Waals surface area (Å²) in [6.07, 6.45) is 1.67. The van der Waals surface area contributed by atoms with Gasteiger partial charge in [-0.15, -0.1) is 0 Å². The summed E-state index contributed by atoms with van der Waals surface area (Å²) in [5.74, 6) is -0.514. The second-order valence-electron chi connectivity index (χ2n) is 4.15. The Kier molecular flexibility index (Phi) is 1.80. The predicted octanol–water partition coefficient (Wildman–Crippen LogP) is 1.56. The summed E-state index contributed by atoms with van der Waals surface area (Å²) >= 11 is 0. The minimum absolute atomic E-state index is 0.221. The third-order valence-electron chi connectivity index (χ3n) is 3.17. The van der Waals surface area contributed by atoms with Crippen molar-refractivity contribution in [3.8, 4) is 0 Å². The molecule has 0 bridgehead atoms. The Morgan fingerprint density at radius 2 is 2.06 bits per heavy atom. The number of para-hydroxylation sites is 1. The SMILES string of the molecule is O=C1CCC[C@]2(O1)C(=O)Nc1ccccc12. The first kappa shape index (κ1) is 9.39. The molecule has 0 aliphatic carbocycles. The average molecular weight is 217 g/mol. The highest BCUT2D eigenvalue weighted by Crippen LogP contribution is 2.44. The zero-order valence-corrected chi connectivity index (χ0v) is 8.66. The molecule has 0 unspecified atom stereocenters. The van der Waals surface area contributed by atoms with Gasteiger partial charge >= 0.3 is 5.97 Å². The van der Waals surface area contributed by atoms with E-state index in [1.165, 1.54) is 0 Å². The first-order valence-corrected chi connectivity index (χ1v) is 5.35. The summed E-state index contributed by atoms with van der Waals surface area (Å²) in [6.45, 7) is 0. The Hall–Kier alpha value is -1.84. The molecule has 1 amide bonds. The molecule has 1 fully saturated rings. The number of carbonyl (C=O) groups is 2. The van der Waals surface area contributed by atoms with Gasteiger partial charge in [-0.25, -0.2) is 0 Å². The fourth-order valence-corrected chi connectivity index (χ4v) is 2.42. The van der Waals surface area contributed by atoms with Crippen LogP contribution in [0, 0.1) is 0 Å². The predicted molar refractivity (Wildman–Crippen MR) is 56.7 cm³/mol. The van der Waals surface area contributed by atoms with Gasteiger partial charge in [0.25, 0.3) is 5.91 Å². The lowest BCUT2D eigenvalue weighted by atomic mass is 9.87. The molecule has 2 aliphatic rings. The number of fused-ring (bicyclic) bond motifs is 2. The summed E-state index contributed by atoms with van der Waals surface area (Å²) < 4.78 is 5.32. The van der Waals surface area contributed by atoms with Crippen molar-refractivity contribution in [1.29, 1.82) is 0 Å². The lowest BCUT2D eigenvalue weighted by molar-refractivity contribution is -0.173. The minimum atomic E-state index is -1.06. The zero-order chi connectivity index (χ0) is 11.2. The summed E-state index contributed by atoms with van der Waals surface area (Å²) in [5, 5.41) is 2.76. The van der Waals surface area contributed by atoms with Crippen LogP contribution in [0.4, 0.5) is 5.69 Å². The van der Waals surface area contributed by atoms with Crippen LogP contribution in [0.5, 0.6) is 0 Å². The second kappa shape index (κ2) is 3.07. The van der Waals surface area contributed by atoms with Crippen molar-refractivity contribution in [1.82, 2.24) is 0 Å². The van der Waals surface area contributed by atoms with Crippen LogP contribution in [0.25, 0.3) is 0 Å². The van der Waals surface area contributed by atoms with Gasteiger partial charge < -0.3 is 10.1 Å². The number of anilines is 1. The van der Waals surface area contributed by atoms with E-state index in [1.807, 2.05) is 24.3 Å². The standard InChI is InChI=1S/C12H11NO3/c14-10-6-3-7-12(16-10)8-4-1-2-5-9(8)13-11(12)15/h1-2,4-5H,3,6-7H2,(H,13,15)/t12-/m1/s1. The molecule has 82 valence electrons. The van der Waals surface area contributed by atoms with Crippen molar-refractivity contribution in [2.24, 2.45) is 0 Å². The van der Waals surface area contributed by atoms with Gasteiger partial charge in [-0.2, -0.15) is 0 Å². The molecular weight excluding hydrogens is 206 g/mol. The van der Waals surface area contributed by atoms with Crippen LogP contribution >= 0.6 is 0 Å². The lowest BCUT2D eigenvalue weighted by Gasteiger charge is -2.30. The van der Waals surface area contributed by atoms with E-state index in [0.717, 1.165) is 11.3 Å². The van der Waals surface area contributed by atoms with E-state index in [-0.39, 0.29) is 11.9 Å². The highest BCUT2D eigenvalue weighted by atomic mass is 16.6. The van der Waals surface area contributed by atoms with Crippen molar-refractivity contribution in [3.05, 3.63) is 29.8 Å². The molecule has 0 saturated carbocycles. The Balaban J connectivity index is 2.13. The molecule has 2 aliphatic heterocycles. The van der Waals surface area contributed by atoms with E-state index in [0.29, 0.717) is 19.3 Å². The summed E-state index contributed by atoms with van der Waals surface area (Å²) in [4.78, 5) is 23.3. The molecule has 1 N–H and O–H groups in total. The largest absolute Gasteiger partial charge is 0.444 e. The van der Waals surface area contributed by atoms with Gasteiger partial charge in [0, 0.05) is 24.1 Å². The molecule has 4 nitrogen and oxygen atoms in total. The number of nitrogens with one attached hydrogen (secondary N) is 1. The first-order chi connectivity index (χ1) is 7.72. The van der Waals surface area contributed by atoms with Crippen LogP contribution in [0.1, 0.15) is 24.8 Å². The monoisotopic (exact) mass is 217 g/mol. The van der Waals surface area contributed by atoms with E-state index in [4.69, 9.17) is 4.74 Å². The maximum Gasteiger partial charge on any atom is 0.307 e. The summed E-state index contributed by atoms with van der Waals surface area (Å²) in [6, 6.07) is 7.36. The smallest absolute Gasteiger partial charge is 0.307 e. The second-order valence-corrected chi connectivity index (χ2v) is 4.15. The Labute approximate surface area is 92.6 Å². The number of ether oxygens (including phenoxy) is 1. The topological polar surface area (TPSA) is 55.4 Å². The van der Waals surface area contributed by atoms with Gasteiger partial charge in [-0.3, -0.25) is 9.59 Å². The molecule has 1 aromatic rings. The van der Waals surface area contributed by atoms with Crippen molar-refractivity contribution < 1.29 is 14.3 Å². The highest BCUT2D eigenvalue weighted by Gasteiger charge is 2.51. The fraction of sp³-hybridized carbons (Fsp3) is 0.333. The third kappa shape index (κ3) is 1.10. The van der Waals surface area contributed by atoms with Crippen molar-refractivity contribution in [2.75, 3.05) is 5.32 Å². The molecule has 3 rings (SSSR count). The van der Waals surface area contributed by atoms with Crippen LogP contribution < -0.4 is 5.32 Å². The van der Waals surface area contributed by atoms with Gasteiger partial charge in [0.15, 0.2) is 0 Å². The Bertz CT molecular complexity index is 483. The molecule has 4 heteroatoms. The zero-order valence-electron chi connectivity index (χ0n) is 8.66. The number of benzene rings is 1. The van der Waals surface area contributed by atoms with Gasteiger partial charge in [0.1, 0.15) is 0 Å². The lowest BCUT2D eigenvalue weighted by Crippen LogP contribution is -2.42. The van der Waals surface area contributed by atoms with E-state index in [9.17, 15) is 9.59 Å². The number of carbonyl (C=O) groups excluding carboxylic acids is 2. The van der Waals surface area contributed by atoms with Crippen LogP contribution in [0.3, 0.4) is 0 Å². The molecule has 0 aromatic heterocycles. The first-order valence-electron chi connectivity index (χ1n) is 5.35. The van der Waals surface area contributed by atoms with Gasteiger partial charge in [0.05, 0.1) is 0 Å². The number of rotatable bonds is 0. The molecular formula is C12H11NO3. The third-order valence-corrected chi connectivity index (χ3v) is 3.17. The van der Waals surface area contributed by atoms with Gasteiger partial charge in [0.2, 0.25) is 5.60 Å². The van der Waals surface area contributed by atoms with Gasteiger partial charge in [-0.05, 0) is 12.5 Å². The minimum Gasteiger partial charge on any atom is -0.444 e. The molecule has 0 radical (unpaired) electrons. The van der Waals surface area contributed by atoms with E-state index in [2.05, 4.69) is 5.32 Å². The highest BCUT2D eigenvalue weighted by molar-refractivity contribution is 6.06. The molecule has 1 spiro atoms. The van der Waals surface area contributed by atoms with Crippen molar-refractivity contribution in [2.45, 2.75) is 24.9 Å². The van der Waals surface area contributed by atoms with Crippen molar-refractivity contribution in [3.63, 3.8) is 0 Å².